The molecule has 0 bridgehead atoms. The molecule has 0 aromatic heterocycles. The van der Waals surface area contributed by atoms with Crippen molar-refractivity contribution >= 4 is 73.7 Å². The van der Waals surface area contributed by atoms with Crippen LogP contribution < -0.4 is 4.74 Å². The number of halogens is 4. The quantitative estimate of drug-likeness (QED) is 0.493. The zero-order chi connectivity index (χ0) is 15.6. The highest BCUT2D eigenvalue weighted by Gasteiger charge is 2.12. The molecule has 0 unspecified atom stereocenters. The molecule has 2 rings (SSSR count). The molecule has 0 aliphatic heterocycles. The van der Waals surface area contributed by atoms with Crippen LogP contribution in [0.5, 0.6) is 5.75 Å². The fraction of sp³-hybridized carbons (Fsp3) is 0.0714. The third-order valence-electron chi connectivity index (χ3n) is 2.61. The van der Waals surface area contributed by atoms with Gasteiger partial charge in [0.05, 0.1) is 12.7 Å². The van der Waals surface area contributed by atoms with E-state index in [2.05, 4.69) is 67.8 Å². The largest absolute Gasteiger partial charge is 0.487 e. The third kappa shape index (κ3) is 4.41. The van der Waals surface area contributed by atoms with Crippen molar-refractivity contribution < 1.29 is 19.0 Å². The molecule has 1 N–H and O–H groups in total. The van der Waals surface area contributed by atoms with Crippen LogP contribution in [0.25, 0.3) is 0 Å². The maximum atomic E-state index is 13.6. The Kier molecular flexibility index (Phi) is 6.05. The standard InChI is InChI=1S/C14H8FI3O3/c15-10-3-7(1-2-9(10)14(19)20)6-21-13-11(17)4-8(16)5-12(13)18/h1-5H,6H2,(H,19,20). The van der Waals surface area contributed by atoms with Gasteiger partial charge in [-0.3, -0.25) is 0 Å². The summed E-state index contributed by atoms with van der Waals surface area (Å²) in [5.74, 6) is -1.28. The van der Waals surface area contributed by atoms with Crippen molar-refractivity contribution in [2.24, 2.45) is 0 Å². The van der Waals surface area contributed by atoms with E-state index in [0.29, 0.717) is 5.56 Å². The van der Waals surface area contributed by atoms with E-state index in [-0.39, 0.29) is 12.2 Å². The predicted molar refractivity (Wildman–Crippen MR) is 102 cm³/mol. The first-order chi connectivity index (χ1) is 9.88. The molecular formula is C14H8FI3O3. The summed E-state index contributed by atoms with van der Waals surface area (Å²) >= 11 is 6.61. The van der Waals surface area contributed by atoms with Crippen LogP contribution in [0.2, 0.25) is 0 Å². The molecule has 0 heterocycles. The number of carbonyl (C=O) groups is 1. The van der Waals surface area contributed by atoms with Gasteiger partial charge in [-0.1, -0.05) is 6.07 Å². The van der Waals surface area contributed by atoms with E-state index in [9.17, 15) is 9.18 Å². The van der Waals surface area contributed by atoms with Crippen molar-refractivity contribution in [2.45, 2.75) is 6.61 Å². The second kappa shape index (κ2) is 7.40. The molecule has 7 heteroatoms. The first-order valence-corrected chi connectivity index (χ1v) is 8.91. The topological polar surface area (TPSA) is 46.5 Å². The average molecular weight is 624 g/mol. The maximum Gasteiger partial charge on any atom is 0.338 e. The molecule has 0 amide bonds. The number of carboxylic acids is 1. The minimum atomic E-state index is -1.28. The van der Waals surface area contributed by atoms with Crippen LogP contribution in [0.15, 0.2) is 30.3 Å². The van der Waals surface area contributed by atoms with Gasteiger partial charge in [0.15, 0.2) is 0 Å². The van der Waals surface area contributed by atoms with Crippen molar-refractivity contribution in [2.75, 3.05) is 0 Å². The van der Waals surface area contributed by atoms with Crippen LogP contribution in [0.3, 0.4) is 0 Å². The summed E-state index contributed by atoms with van der Waals surface area (Å²) in [5.41, 5.74) is 0.250. The van der Waals surface area contributed by atoms with Crippen LogP contribution in [-0.4, -0.2) is 11.1 Å². The highest BCUT2D eigenvalue weighted by Crippen LogP contribution is 2.30. The third-order valence-corrected chi connectivity index (χ3v) is 4.84. The predicted octanol–water partition coefficient (Wildman–Crippen LogP) is 4.92. The van der Waals surface area contributed by atoms with Crippen LogP contribution in [0.4, 0.5) is 4.39 Å². The number of benzene rings is 2. The molecule has 0 aliphatic rings. The van der Waals surface area contributed by atoms with E-state index in [1.54, 1.807) is 6.07 Å². The lowest BCUT2D eigenvalue weighted by molar-refractivity contribution is 0.0692. The molecule has 21 heavy (non-hydrogen) atoms. The Labute approximate surface area is 161 Å². The molecule has 0 aliphatic carbocycles. The second-order valence-corrected chi connectivity index (χ2v) is 7.68. The lowest BCUT2D eigenvalue weighted by atomic mass is 10.1. The zero-order valence-electron chi connectivity index (χ0n) is 10.4. The van der Waals surface area contributed by atoms with Gasteiger partial charge >= 0.3 is 5.97 Å². The zero-order valence-corrected chi connectivity index (χ0v) is 16.8. The van der Waals surface area contributed by atoms with Gasteiger partial charge in [0.25, 0.3) is 0 Å². The molecule has 0 radical (unpaired) electrons. The van der Waals surface area contributed by atoms with E-state index < -0.39 is 11.8 Å². The summed E-state index contributed by atoms with van der Waals surface area (Å²) < 4.78 is 22.4. The molecule has 0 fully saturated rings. The van der Waals surface area contributed by atoms with Crippen LogP contribution in [0.1, 0.15) is 15.9 Å². The summed E-state index contributed by atoms with van der Waals surface area (Å²) in [6.45, 7) is 0.184. The van der Waals surface area contributed by atoms with Gasteiger partial charge in [0.2, 0.25) is 0 Å². The molecule has 0 saturated carbocycles. The highest BCUT2D eigenvalue weighted by atomic mass is 127. The van der Waals surface area contributed by atoms with Gasteiger partial charge in [-0.25, -0.2) is 9.18 Å². The Balaban J connectivity index is 2.17. The van der Waals surface area contributed by atoms with Gasteiger partial charge in [-0.05, 0) is 97.6 Å². The van der Waals surface area contributed by atoms with Gasteiger partial charge in [0.1, 0.15) is 18.2 Å². The Hall–Kier alpha value is -0.170. The van der Waals surface area contributed by atoms with E-state index in [1.165, 1.54) is 12.1 Å². The number of aromatic carboxylic acids is 1. The van der Waals surface area contributed by atoms with E-state index >= 15 is 0 Å². The maximum absolute atomic E-state index is 13.6. The molecule has 0 saturated heterocycles. The summed E-state index contributed by atoms with van der Waals surface area (Å²) in [6.07, 6.45) is 0. The lowest BCUT2D eigenvalue weighted by Crippen LogP contribution is -2.04. The van der Waals surface area contributed by atoms with Gasteiger partial charge in [-0.15, -0.1) is 0 Å². The first-order valence-electron chi connectivity index (χ1n) is 5.67. The number of hydrogen-bond donors (Lipinski definition) is 1. The second-order valence-electron chi connectivity index (χ2n) is 4.11. The van der Waals surface area contributed by atoms with Crippen molar-refractivity contribution in [3.05, 3.63) is 58.0 Å². The Bertz CT molecular complexity index is 681. The number of hydrogen-bond acceptors (Lipinski definition) is 2. The highest BCUT2D eigenvalue weighted by molar-refractivity contribution is 14.1. The van der Waals surface area contributed by atoms with E-state index in [4.69, 9.17) is 9.84 Å². The molecule has 0 spiro atoms. The smallest absolute Gasteiger partial charge is 0.338 e. The van der Waals surface area contributed by atoms with E-state index in [1.807, 2.05) is 12.1 Å². The van der Waals surface area contributed by atoms with Crippen molar-refractivity contribution in [3.8, 4) is 5.75 Å². The SMILES string of the molecule is O=C(O)c1ccc(COc2c(I)cc(I)cc2I)cc1F. The fourth-order valence-electron chi connectivity index (χ4n) is 1.64. The van der Waals surface area contributed by atoms with Crippen LogP contribution >= 0.6 is 67.8 Å². The summed E-state index contributed by atoms with van der Waals surface area (Å²) in [4.78, 5) is 10.8. The minimum Gasteiger partial charge on any atom is -0.487 e. The minimum absolute atomic E-state index is 0.184. The average Bonchev–Trinajstić information content (AvgIpc) is 2.36. The summed E-state index contributed by atoms with van der Waals surface area (Å²) in [7, 11) is 0. The normalized spacial score (nSPS) is 10.5. The lowest BCUT2D eigenvalue weighted by Gasteiger charge is -2.11. The van der Waals surface area contributed by atoms with Gasteiger partial charge in [-0.2, -0.15) is 0 Å². The van der Waals surface area contributed by atoms with Crippen LogP contribution in [0, 0.1) is 16.5 Å². The Morgan fingerprint density at radius 1 is 1.14 bits per heavy atom. The fourth-order valence-corrected chi connectivity index (χ4v) is 5.54. The van der Waals surface area contributed by atoms with E-state index in [0.717, 1.165) is 16.5 Å². The number of carboxylic acid groups (broad SMARTS) is 1. The Morgan fingerprint density at radius 3 is 2.29 bits per heavy atom. The molecule has 2 aromatic rings. The van der Waals surface area contributed by atoms with Gasteiger partial charge < -0.3 is 9.84 Å². The summed E-state index contributed by atoms with van der Waals surface area (Å²) in [5, 5.41) is 8.79. The number of rotatable bonds is 4. The van der Waals surface area contributed by atoms with Gasteiger partial charge in [0, 0.05) is 3.57 Å². The first kappa shape index (κ1) is 17.2. The summed E-state index contributed by atoms with van der Waals surface area (Å²) in [6, 6.07) is 7.98. The molecule has 2 aromatic carbocycles. The molecule has 110 valence electrons. The molecular weight excluding hydrogens is 616 g/mol. The van der Waals surface area contributed by atoms with Crippen molar-refractivity contribution in [3.63, 3.8) is 0 Å². The number of ether oxygens (including phenoxy) is 1. The monoisotopic (exact) mass is 624 g/mol. The van der Waals surface area contributed by atoms with Crippen molar-refractivity contribution in [1.82, 2.24) is 0 Å². The Morgan fingerprint density at radius 2 is 1.76 bits per heavy atom. The molecule has 0 atom stereocenters. The van der Waals surface area contributed by atoms with Crippen molar-refractivity contribution in [1.29, 1.82) is 0 Å². The molecule has 3 nitrogen and oxygen atoms in total. The van der Waals surface area contributed by atoms with Crippen LogP contribution in [-0.2, 0) is 6.61 Å².